The molecular weight excluding hydrogens is 294 g/mol. The molecule has 0 aliphatic rings. The lowest BCUT2D eigenvalue weighted by Gasteiger charge is -2.12. The zero-order valence-corrected chi connectivity index (χ0v) is 12.9. The second-order valence-corrected chi connectivity index (χ2v) is 4.94. The number of methoxy groups -OCH3 is 2. The first-order chi connectivity index (χ1) is 11.2. The Morgan fingerprint density at radius 3 is 2.74 bits per heavy atom. The van der Waals surface area contributed by atoms with E-state index in [0.29, 0.717) is 23.3 Å². The molecule has 3 aromatic rings. The summed E-state index contributed by atoms with van der Waals surface area (Å²) in [5.74, 6) is 1.40. The summed E-state index contributed by atoms with van der Waals surface area (Å²) >= 11 is 0. The van der Waals surface area contributed by atoms with Gasteiger partial charge in [0.05, 0.1) is 43.8 Å². The van der Waals surface area contributed by atoms with Crippen LogP contribution in [-0.4, -0.2) is 23.8 Å². The average Bonchev–Trinajstić information content (AvgIpc) is 2.61. The number of nitrogens with one attached hydrogen (secondary N) is 1. The minimum Gasteiger partial charge on any atom is -0.497 e. The van der Waals surface area contributed by atoms with Crippen LogP contribution in [0.2, 0.25) is 0 Å². The standard InChI is InChI=1S/C17H17N3O3/c1-22-12-7-8-13-15(9-12)19-11-20(17(13)21)10-18-14-5-3-4-6-16(14)23-2/h3-9,11,18H,10H2,1-2H3. The van der Waals surface area contributed by atoms with Gasteiger partial charge in [0.1, 0.15) is 11.5 Å². The predicted octanol–water partition coefficient (Wildman–Crippen LogP) is 2.48. The maximum absolute atomic E-state index is 12.5. The molecule has 2 aromatic carbocycles. The number of para-hydroxylation sites is 2. The maximum atomic E-state index is 12.5. The lowest BCUT2D eigenvalue weighted by Crippen LogP contribution is -2.24. The lowest BCUT2D eigenvalue weighted by molar-refractivity contribution is 0.415. The number of anilines is 1. The van der Waals surface area contributed by atoms with Crippen LogP contribution in [0.3, 0.4) is 0 Å². The molecule has 6 nitrogen and oxygen atoms in total. The molecule has 0 fully saturated rings. The van der Waals surface area contributed by atoms with Crippen molar-refractivity contribution in [3.05, 3.63) is 59.1 Å². The highest BCUT2D eigenvalue weighted by Crippen LogP contribution is 2.23. The van der Waals surface area contributed by atoms with Crippen molar-refractivity contribution >= 4 is 16.6 Å². The van der Waals surface area contributed by atoms with E-state index in [1.165, 1.54) is 10.9 Å². The second kappa shape index (κ2) is 6.39. The third-order valence-electron chi connectivity index (χ3n) is 3.58. The molecule has 0 saturated carbocycles. The fraction of sp³-hybridized carbons (Fsp3) is 0.176. The summed E-state index contributed by atoms with van der Waals surface area (Å²) < 4.78 is 11.9. The van der Waals surface area contributed by atoms with Crippen molar-refractivity contribution < 1.29 is 9.47 Å². The van der Waals surface area contributed by atoms with Crippen LogP contribution in [0.5, 0.6) is 11.5 Å². The van der Waals surface area contributed by atoms with E-state index >= 15 is 0 Å². The molecule has 118 valence electrons. The molecule has 0 aliphatic carbocycles. The Morgan fingerprint density at radius 1 is 1.13 bits per heavy atom. The molecule has 6 heteroatoms. The normalized spacial score (nSPS) is 10.5. The van der Waals surface area contributed by atoms with Crippen LogP contribution >= 0.6 is 0 Å². The summed E-state index contributed by atoms with van der Waals surface area (Å²) in [6, 6.07) is 12.8. The second-order valence-electron chi connectivity index (χ2n) is 4.94. The van der Waals surface area contributed by atoms with Crippen LogP contribution in [0.4, 0.5) is 5.69 Å². The Morgan fingerprint density at radius 2 is 1.96 bits per heavy atom. The van der Waals surface area contributed by atoms with Gasteiger partial charge in [0.25, 0.3) is 5.56 Å². The molecule has 23 heavy (non-hydrogen) atoms. The molecule has 0 saturated heterocycles. The molecule has 0 radical (unpaired) electrons. The number of aromatic nitrogens is 2. The molecule has 1 aromatic heterocycles. The SMILES string of the molecule is COc1ccc2c(=O)n(CNc3ccccc3OC)cnc2c1. The van der Waals surface area contributed by atoms with Crippen LogP contribution in [0, 0.1) is 0 Å². The molecule has 3 rings (SSSR count). The van der Waals surface area contributed by atoms with Crippen molar-refractivity contribution in [1.82, 2.24) is 9.55 Å². The summed E-state index contributed by atoms with van der Waals surface area (Å²) in [4.78, 5) is 16.8. The lowest BCUT2D eigenvalue weighted by atomic mass is 10.2. The molecular formula is C17H17N3O3. The van der Waals surface area contributed by atoms with E-state index in [1.807, 2.05) is 24.3 Å². The fourth-order valence-corrected chi connectivity index (χ4v) is 2.34. The minimum atomic E-state index is -0.111. The highest BCUT2D eigenvalue weighted by atomic mass is 16.5. The Labute approximate surface area is 133 Å². The number of fused-ring (bicyclic) bond motifs is 1. The van der Waals surface area contributed by atoms with Crippen LogP contribution in [0.1, 0.15) is 0 Å². The molecule has 0 atom stereocenters. The monoisotopic (exact) mass is 311 g/mol. The number of hydrogen-bond donors (Lipinski definition) is 1. The van der Waals surface area contributed by atoms with E-state index < -0.39 is 0 Å². The third-order valence-corrected chi connectivity index (χ3v) is 3.58. The van der Waals surface area contributed by atoms with Crippen LogP contribution < -0.4 is 20.3 Å². The van der Waals surface area contributed by atoms with E-state index in [1.54, 1.807) is 32.4 Å². The Hall–Kier alpha value is -3.02. The maximum Gasteiger partial charge on any atom is 0.262 e. The summed E-state index contributed by atoms with van der Waals surface area (Å²) in [7, 11) is 3.19. The molecule has 1 heterocycles. The van der Waals surface area contributed by atoms with Crippen LogP contribution in [-0.2, 0) is 6.67 Å². The summed E-state index contributed by atoms with van der Waals surface area (Å²) in [6.45, 7) is 0.300. The van der Waals surface area contributed by atoms with E-state index in [9.17, 15) is 4.79 Å². The van der Waals surface area contributed by atoms with Gasteiger partial charge in [-0.3, -0.25) is 9.36 Å². The Balaban J connectivity index is 1.89. The summed E-state index contributed by atoms with van der Waals surface area (Å²) in [6.07, 6.45) is 1.52. The van der Waals surface area contributed by atoms with Gasteiger partial charge in [-0.05, 0) is 24.3 Å². The topological polar surface area (TPSA) is 65.4 Å². The van der Waals surface area contributed by atoms with Gasteiger partial charge in [0.2, 0.25) is 0 Å². The van der Waals surface area contributed by atoms with E-state index in [2.05, 4.69) is 10.3 Å². The van der Waals surface area contributed by atoms with Gasteiger partial charge in [-0.1, -0.05) is 12.1 Å². The van der Waals surface area contributed by atoms with Crippen molar-refractivity contribution in [2.75, 3.05) is 19.5 Å². The molecule has 0 unspecified atom stereocenters. The van der Waals surface area contributed by atoms with E-state index in [-0.39, 0.29) is 5.56 Å². The average molecular weight is 311 g/mol. The molecule has 0 bridgehead atoms. The Kier molecular flexibility index (Phi) is 4.14. The molecule has 0 spiro atoms. The van der Waals surface area contributed by atoms with Gasteiger partial charge in [0, 0.05) is 6.07 Å². The van der Waals surface area contributed by atoms with Gasteiger partial charge in [-0.2, -0.15) is 0 Å². The Bertz CT molecular complexity index is 890. The molecule has 0 amide bonds. The van der Waals surface area contributed by atoms with Gasteiger partial charge in [0.15, 0.2) is 0 Å². The zero-order valence-electron chi connectivity index (χ0n) is 12.9. The first-order valence-corrected chi connectivity index (χ1v) is 7.13. The summed E-state index contributed by atoms with van der Waals surface area (Å²) in [5.41, 5.74) is 1.32. The van der Waals surface area contributed by atoms with Gasteiger partial charge in [-0.15, -0.1) is 0 Å². The summed E-state index contributed by atoms with van der Waals surface area (Å²) in [5, 5.41) is 3.73. The molecule has 1 N–H and O–H groups in total. The van der Waals surface area contributed by atoms with Crippen molar-refractivity contribution in [3.8, 4) is 11.5 Å². The number of hydrogen-bond acceptors (Lipinski definition) is 5. The van der Waals surface area contributed by atoms with Crippen molar-refractivity contribution in [2.45, 2.75) is 6.67 Å². The predicted molar refractivity (Wildman–Crippen MR) is 89.2 cm³/mol. The van der Waals surface area contributed by atoms with Crippen molar-refractivity contribution in [1.29, 1.82) is 0 Å². The van der Waals surface area contributed by atoms with Crippen molar-refractivity contribution in [3.63, 3.8) is 0 Å². The van der Waals surface area contributed by atoms with Gasteiger partial charge < -0.3 is 14.8 Å². The third kappa shape index (κ3) is 2.96. The highest BCUT2D eigenvalue weighted by molar-refractivity contribution is 5.78. The number of rotatable bonds is 5. The van der Waals surface area contributed by atoms with E-state index in [0.717, 1.165) is 11.4 Å². The molecule has 0 aliphatic heterocycles. The number of ether oxygens (including phenoxy) is 2. The largest absolute Gasteiger partial charge is 0.497 e. The first-order valence-electron chi connectivity index (χ1n) is 7.13. The minimum absolute atomic E-state index is 0.111. The highest BCUT2D eigenvalue weighted by Gasteiger charge is 2.06. The van der Waals surface area contributed by atoms with Crippen molar-refractivity contribution in [2.24, 2.45) is 0 Å². The van der Waals surface area contributed by atoms with Crippen LogP contribution in [0.15, 0.2) is 53.6 Å². The smallest absolute Gasteiger partial charge is 0.262 e. The van der Waals surface area contributed by atoms with E-state index in [4.69, 9.17) is 9.47 Å². The first kappa shape index (κ1) is 14.9. The fourth-order valence-electron chi connectivity index (χ4n) is 2.34. The van der Waals surface area contributed by atoms with Gasteiger partial charge >= 0.3 is 0 Å². The van der Waals surface area contributed by atoms with Crippen LogP contribution in [0.25, 0.3) is 10.9 Å². The van der Waals surface area contributed by atoms with Gasteiger partial charge in [-0.25, -0.2) is 4.98 Å². The number of nitrogens with zero attached hydrogens (tertiary/aromatic N) is 2. The quantitative estimate of drug-likeness (QED) is 0.784. The zero-order chi connectivity index (χ0) is 16.2. The number of benzene rings is 2.